The largest absolute Gasteiger partial charge is 0.370 e. The number of amides is 2. The van der Waals surface area contributed by atoms with E-state index in [4.69, 9.17) is 4.74 Å². The maximum absolute atomic E-state index is 12.7. The highest BCUT2D eigenvalue weighted by atomic mass is 16.5. The molecule has 1 aromatic rings. The van der Waals surface area contributed by atoms with E-state index in [-0.39, 0.29) is 17.9 Å². The molecule has 0 aliphatic carbocycles. The second-order valence-corrected chi connectivity index (χ2v) is 5.86. The molecule has 21 heavy (non-hydrogen) atoms. The van der Waals surface area contributed by atoms with E-state index in [0.717, 1.165) is 24.2 Å². The standard InChI is InChI=1S/C16H20N2O3/c1-11-3-4-13(9-12(11)2)18-15(19)10-14(16(18)20)17-5-7-21-8-6-17/h3-4,9,14H,5-8,10H2,1-2H3/p+1/t14-/m1/s1. The number of aryl methyl sites for hydroxylation is 2. The Hall–Kier alpha value is -1.72. The van der Waals surface area contributed by atoms with E-state index in [1.807, 2.05) is 32.0 Å². The van der Waals surface area contributed by atoms with Crippen molar-refractivity contribution in [2.75, 3.05) is 31.2 Å². The van der Waals surface area contributed by atoms with Gasteiger partial charge in [-0.05, 0) is 37.1 Å². The lowest BCUT2D eigenvalue weighted by Gasteiger charge is -2.27. The molecule has 0 unspecified atom stereocenters. The molecule has 2 heterocycles. The molecule has 3 rings (SSSR count). The third-order valence-corrected chi connectivity index (χ3v) is 4.52. The van der Waals surface area contributed by atoms with Gasteiger partial charge in [0.15, 0.2) is 6.04 Å². The monoisotopic (exact) mass is 289 g/mol. The fourth-order valence-corrected chi connectivity index (χ4v) is 3.07. The maximum Gasteiger partial charge on any atom is 0.292 e. The van der Waals surface area contributed by atoms with E-state index < -0.39 is 0 Å². The van der Waals surface area contributed by atoms with Crippen LogP contribution in [0.2, 0.25) is 0 Å². The lowest BCUT2D eigenvalue weighted by Crippen LogP contribution is -3.18. The quantitative estimate of drug-likeness (QED) is 0.771. The first-order valence-corrected chi connectivity index (χ1v) is 7.44. The van der Waals surface area contributed by atoms with Gasteiger partial charge < -0.3 is 9.64 Å². The second-order valence-electron chi connectivity index (χ2n) is 5.86. The molecule has 0 aromatic heterocycles. The lowest BCUT2D eigenvalue weighted by molar-refractivity contribution is -0.922. The number of quaternary nitrogens is 1. The average molecular weight is 289 g/mol. The molecule has 2 saturated heterocycles. The zero-order chi connectivity index (χ0) is 15.0. The van der Waals surface area contributed by atoms with E-state index in [9.17, 15) is 9.59 Å². The number of morpholine rings is 1. The summed E-state index contributed by atoms with van der Waals surface area (Å²) in [5.74, 6) is -0.160. The summed E-state index contributed by atoms with van der Waals surface area (Å²) in [5.41, 5.74) is 2.95. The first kappa shape index (κ1) is 14.2. The first-order chi connectivity index (χ1) is 10.1. The van der Waals surface area contributed by atoms with Crippen molar-refractivity contribution in [3.63, 3.8) is 0 Å². The highest BCUT2D eigenvalue weighted by Gasteiger charge is 2.46. The van der Waals surface area contributed by atoms with Crippen LogP contribution in [-0.2, 0) is 14.3 Å². The average Bonchev–Trinajstić information content (AvgIpc) is 2.78. The summed E-state index contributed by atoms with van der Waals surface area (Å²) in [7, 11) is 0. The zero-order valence-corrected chi connectivity index (χ0v) is 12.5. The molecule has 2 amide bonds. The van der Waals surface area contributed by atoms with Crippen molar-refractivity contribution in [1.82, 2.24) is 0 Å². The van der Waals surface area contributed by atoms with E-state index in [0.29, 0.717) is 25.3 Å². The number of imide groups is 1. The van der Waals surface area contributed by atoms with Crippen LogP contribution < -0.4 is 9.80 Å². The van der Waals surface area contributed by atoms with Crippen molar-refractivity contribution in [2.24, 2.45) is 0 Å². The fourth-order valence-electron chi connectivity index (χ4n) is 3.07. The summed E-state index contributed by atoms with van der Waals surface area (Å²) in [6.07, 6.45) is 0.307. The van der Waals surface area contributed by atoms with Crippen molar-refractivity contribution < 1.29 is 19.2 Å². The molecule has 5 nitrogen and oxygen atoms in total. The van der Waals surface area contributed by atoms with Crippen LogP contribution in [0.25, 0.3) is 0 Å². The minimum Gasteiger partial charge on any atom is -0.370 e. The number of nitrogens with zero attached hydrogens (tertiary/aromatic N) is 1. The number of hydrogen-bond acceptors (Lipinski definition) is 3. The number of benzene rings is 1. The van der Waals surface area contributed by atoms with Gasteiger partial charge in [0.05, 0.1) is 25.3 Å². The van der Waals surface area contributed by atoms with E-state index >= 15 is 0 Å². The molecule has 5 heteroatoms. The molecule has 112 valence electrons. The molecule has 1 N–H and O–H groups in total. The maximum atomic E-state index is 12.7. The van der Waals surface area contributed by atoms with Gasteiger partial charge in [-0.25, -0.2) is 4.90 Å². The van der Waals surface area contributed by atoms with Crippen LogP contribution in [0.3, 0.4) is 0 Å². The number of carbonyl (C=O) groups is 2. The summed E-state index contributed by atoms with van der Waals surface area (Å²) in [4.78, 5) is 27.5. The minimum absolute atomic E-state index is 0.0693. The van der Waals surface area contributed by atoms with E-state index in [1.165, 1.54) is 9.80 Å². The van der Waals surface area contributed by atoms with Crippen LogP contribution in [0.5, 0.6) is 0 Å². The van der Waals surface area contributed by atoms with E-state index in [2.05, 4.69) is 0 Å². The van der Waals surface area contributed by atoms with Crippen molar-refractivity contribution >= 4 is 17.5 Å². The van der Waals surface area contributed by atoms with Gasteiger partial charge in [0.25, 0.3) is 5.91 Å². The Morgan fingerprint density at radius 1 is 1.14 bits per heavy atom. The molecular formula is C16H21N2O3+. The fraction of sp³-hybridized carbons (Fsp3) is 0.500. The smallest absolute Gasteiger partial charge is 0.292 e. The summed E-state index contributed by atoms with van der Waals surface area (Å²) < 4.78 is 5.33. The number of carbonyl (C=O) groups excluding carboxylic acids is 2. The van der Waals surface area contributed by atoms with Crippen LogP contribution in [0.1, 0.15) is 17.5 Å². The Morgan fingerprint density at radius 3 is 2.52 bits per heavy atom. The van der Waals surface area contributed by atoms with Crippen molar-refractivity contribution in [3.8, 4) is 0 Å². The molecular weight excluding hydrogens is 268 g/mol. The summed E-state index contributed by atoms with van der Waals surface area (Å²) in [5, 5.41) is 0. The van der Waals surface area contributed by atoms with Crippen LogP contribution >= 0.6 is 0 Å². The Bertz CT molecular complexity index is 579. The topological polar surface area (TPSA) is 51.1 Å². The van der Waals surface area contributed by atoms with Gasteiger partial charge in [-0.1, -0.05) is 6.07 Å². The molecule has 0 bridgehead atoms. The molecule has 1 atom stereocenters. The Balaban J connectivity index is 1.84. The minimum atomic E-state index is -0.247. The van der Waals surface area contributed by atoms with Crippen LogP contribution in [0.15, 0.2) is 18.2 Å². The number of ether oxygens (including phenoxy) is 1. The number of nitrogens with one attached hydrogen (secondary N) is 1. The molecule has 2 fully saturated rings. The van der Waals surface area contributed by atoms with Crippen LogP contribution in [0.4, 0.5) is 5.69 Å². The third-order valence-electron chi connectivity index (χ3n) is 4.52. The van der Waals surface area contributed by atoms with Crippen LogP contribution in [-0.4, -0.2) is 44.2 Å². The third kappa shape index (κ3) is 2.59. The van der Waals surface area contributed by atoms with E-state index in [1.54, 1.807) is 0 Å². The molecule has 2 aliphatic heterocycles. The zero-order valence-electron chi connectivity index (χ0n) is 12.5. The number of anilines is 1. The van der Waals surface area contributed by atoms with Gasteiger partial charge in [-0.15, -0.1) is 0 Å². The predicted molar refractivity (Wildman–Crippen MR) is 78.3 cm³/mol. The van der Waals surface area contributed by atoms with Crippen molar-refractivity contribution in [1.29, 1.82) is 0 Å². The second kappa shape index (κ2) is 5.58. The summed E-state index contributed by atoms with van der Waals surface area (Å²) in [6, 6.07) is 5.49. The van der Waals surface area contributed by atoms with Gasteiger partial charge in [0, 0.05) is 0 Å². The Kier molecular flexibility index (Phi) is 3.78. The molecule has 0 saturated carbocycles. The number of hydrogen-bond donors (Lipinski definition) is 1. The van der Waals surface area contributed by atoms with Gasteiger partial charge in [0.1, 0.15) is 13.1 Å². The predicted octanol–water partition coefficient (Wildman–Crippen LogP) is -0.150. The SMILES string of the molecule is Cc1ccc(N2C(=O)C[C@@H]([NH+]3CCOCC3)C2=O)cc1C. The van der Waals surface area contributed by atoms with Gasteiger partial charge in [0.2, 0.25) is 5.91 Å². The first-order valence-electron chi connectivity index (χ1n) is 7.44. The molecule has 0 spiro atoms. The van der Waals surface area contributed by atoms with Crippen LogP contribution in [0, 0.1) is 13.8 Å². The summed E-state index contributed by atoms with van der Waals surface area (Å²) in [6.45, 7) is 6.94. The van der Waals surface area contributed by atoms with Gasteiger partial charge in [-0.2, -0.15) is 0 Å². The van der Waals surface area contributed by atoms with Gasteiger partial charge >= 0.3 is 0 Å². The molecule has 2 aliphatic rings. The number of rotatable bonds is 2. The lowest BCUT2D eigenvalue weighted by atomic mass is 10.1. The Labute approximate surface area is 124 Å². The van der Waals surface area contributed by atoms with Crippen molar-refractivity contribution in [3.05, 3.63) is 29.3 Å². The molecule has 1 aromatic carbocycles. The molecule has 0 radical (unpaired) electrons. The highest BCUT2D eigenvalue weighted by molar-refractivity contribution is 6.21. The Morgan fingerprint density at radius 2 is 1.86 bits per heavy atom. The summed E-state index contributed by atoms with van der Waals surface area (Å²) >= 11 is 0. The van der Waals surface area contributed by atoms with Gasteiger partial charge in [-0.3, -0.25) is 9.59 Å². The normalized spacial score (nSPS) is 23.9. The highest BCUT2D eigenvalue weighted by Crippen LogP contribution is 2.24. The van der Waals surface area contributed by atoms with Crippen molar-refractivity contribution in [2.45, 2.75) is 26.3 Å².